The molecule has 3 N–H and O–H groups in total. The van der Waals surface area contributed by atoms with Gasteiger partial charge in [-0.05, 0) is 36.4 Å². The molecule has 0 aliphatic rings. The molecule has 6 heteroatoms. The maximum atomic E-state index is 10.9. The van der Waals surface area contributed by atoms with Gasteiger partial charge in [-0.3, -0.25) is 4.99 Å². The van der Waals surface area contributed by atoms with Gasteiger partial charge in [-0.2, -0.15) is 0 Å². The van der Waals surface area contributed by atoms with E-state index >= 15 is 0 Å². The van der Waals surface area contributed by atoms with Crippen LogP contribution in [0, 0.1) is 0 Å². The van der Waals surface area contributed by atoms with E-state index in [1.165, 1.54) is 42.6 Å². The number of phenols is 2. The molecule has 0 aliphatic heterocycles. The fourth-order valence-corrected chi connectivity index (χ4v) is 1.73. The van der Waals surface area contributed by atoms with Gasteiger partial charge >= 0.3 is 5.97 Å². The topological polar surface area (TPSA) is 90.1 Å². The second-order valence-electron chi connectivity index (χ2n) is 3.97. The zero-order chi connectivity index (χ0) is 14.7. The van der Waals surface area contributed by atoms with Crippen molar-refractivity contribution >= 4 is 29.5 Å². The smallest absolute Gasteiger partial charge is 0.339 e. The Morgan fingerprint density at radius 1 is 1.10 bits per heavy atom. The lowest BCUT2D eigenvalue weighted by Gasteiger charge is -2.01. The molecule has 0 aliphatic carbocycles. The number of halogens is 1. The van der Waals surface area contributed by atoms with Crippen LogP contribution in [0.4, 0.5) is 5.69 Å². The van der Waals surface area contributed by atoms with Crippen molar-refractivity contribution in [3.63, 3.8) is 0 Å². The number of carbonyl (C=O) groups is 1. The monoisotopic (exact) mass is 291 g/mol. The van der Waals surface area contributed by atoms with E-state index < -0.39 is 5.97 Å². The number of aliphatic imine (C=N–C) groups is 1. The highest BCUT2D eigenvalue weighted by atomic mass is 35.5. The second kappa shape index (κ2) is 5.63. The average Bonchev–Trinajstić information content (AvgIpc) is 2.41. The lowest BCUT2D eigenvalue weighted by Crippen LogP contribution is -1.95. The Kier molecular flexibility index (Phi) is 3.91. The Hall–Kier alpha value is -2.53. The molecule has 20 heavy (non-hydrogen) atoms. The van der Waals surface area contributed by atoms with Gasteiger partial charge in [-0.1, -0.05) is 11.6 Å². The summed E-state index contributed by atoms with van der Waals surface area (Å²) in [4.78, 5) is 14.9. The van der Waals surface area contributed by atoms with Crippen LogP contribution in [-0.2, 0) is 0 Å². The third-order valence-electron chi connectivity index (χ3n) is 2.55. The number of carboxylic acids is 1. The Morgan fingerprint density at radius 3 is 2.50 bits per heavy atom. The Morgan fingerprint density at radius 2 is 1.80 bits per heavy atom. The van der Waals surface area contributed by atoms with Gasteiger partial charge in [0.2, 0.25) is 0 Å². The molecule has 0 amide bonds. The number of aromatic hydroxyl groups is 2. The fraction of sp³-hybridized carbons (Fsp3) is 0. The summed E-state index contributed by atoms with van der Waals surface area (Å²) in [5, 5.41) is 28.3. The zero-order valence-corrected chi connectivity index (χ0v) is 10.9. The number of hydrogen-bond acceptors (Lipinski definition) is 4. The first-order chi connectivity index (χ1) is 9.47. The number of carboxylic acid groups (broad SMARTS) is 1. The Balaban J connectivity index is 2.34. The van der Waals surface area contributed by atoms with Crippen molar-refractivity contribution in [1.29, 1.82) is 0 Å². The summed E-state index contributed by atoms with van der Waals surface area (Å²) >= 11 is 5.80. The second-order valence-corrected chi connectivity index (χ2v) is 4.40. The normalized spacial score (nSPS) is 10.8. The van der Waals surface area contributed by atoms with E-state index in [4.69, 9.17) is 16.7 Å². The van der Waals surface area contributed by atoms with Gasteiger partial charge in [0.15, 0.2) is 0 Å². The number of phenolic OH excluding ortho intramolecular Hbond substituents is 1. The van der Waals surface area contributed by atoms with Crippen molar-refractivity contribution in [1.82, 2.24) is 0 Å². The van der Waals surface area contributed by atoms with Crippen molar-refractivity contribution in [3.8, 4) is 11.5 Å². The molecule has 0 fully saturated rings. The largest absolute Gasteiger partial charge is 0.507 e. The molecule has 0 bridgehead atoms. The first-order valence-electron chi connectivity index (χ1n) is 5.56. The van der Waals surface area contributed by atoms with Crippen molar-refractivity contribution in [3.05, 3.63) is 52.5 Å². The molecule has 0 heterocycles. The van der Waals surface area contributed by atoms with Gasteiger partial charge in [-0.25, -0.2) is 4.79 Å². The molecule has 0 unspecified atom stereocenters. The SMILES string of the molecule is O=C(O)c1cc(N=Cc2cc(Cl)ccc2O)ccc1O. The molecule has 2 rings (SSSR count). The number of aromatic carboxylic acids is 1. The molecule has 102 valence electrons. The van der Waals surface area contributed by atoms with Crippen LogP contribution in [0.5, 0.6) is 11.5 Å². The van der Waals surface area contributed by atoms with Gasteiger partial charge in [0.25, 0.3) is 0 Å². The Labute approximate surface area is 119 Å². The minimum Gasteiger partial charge on any atom is -0.507 e. The van der Waals surface area contributed by atoms with E-state index in [9.17, 15) is 15.0 Å². The summed E-state index contributed by atoms with van der Waals surface area (Å²) < 4.78 is 0. The van der Waals surface area contributed by atoms with E-state index in [0.717, 1.165) is 0 Å². The molecule has 2 aromatic carbocycles. The van der Waals surface area contributed by atoms with Gasteiger partial charge in [-0.15, -0.1) is 0 Å². The van der Waals surface area contributed by atoms with E-state index in [0.29, 0.717) is 16.3 Å². The minimum absolute atomic E-state index is 0.00962. The quantitative estimate of drug-likeness (QED) is 0.757. The molecular formula is C14H10ClNO4. The highest BCUT2D eigenvalue weighted by molar-refractivity contribution is 6.30. The standard InChI is InChI=1S/C14H10ClNO4/c15-9-1-3-12(17)8(5-9)7-16-10-2-4-13(18)11(6-10)14(19)20/h1-7,17-18H,(H,19,20). The van der Waals surface area contributed by atoms with Crippen molar-refractivity contribution in [2.24, 2.45) is 4.99 Å². The lowest BCUT2D eigenvalue weighted by molar-refractivity contribution is 0.0694. The van der Waals surface area contributed by atoms with E-state index in [1.54, 1.807) is 0 Å². The highest BCUT2D eigenvalue weighted by Gasteiger charge is 2.09. The molecular weight excluding hydrogens is 282 g/mol. The van der Waals surface area contributed by atoms with Crippen molar-refractivity contribution < 1.29 is 20.1 Å². The summed E-state index contributed by atoms with van der Waals surface area (Å²) in [6.45, 7) is 0. The third-order valence-corrected chi connectivity index (χ3v) is 2.79. The van der Waals surface area contributed by atoms with Gasteiger partial charge in [0, 0.05) is 16.8 Å². The maximum absolute atomic E-state index is 10.9. The number of rotatable bonds is 3. The van der Waals surface area contributed by atoms with Crippen LogP contribution < -0.4 is 0 Å². The molecule has 0 saturated carbocycles. The summed E-state index contributed by atoms with van der Waals surface area (Å²) in [5.74, 6) is -1.57. The lowest BCUT2D eigenvalue weighted by atomic mass is 10.2. The fourth-order valence-electron chi connectivity index (χ4n) is 1.55. The third kappa shape index (κ3) is 3.07. The van der Waals surface area contributed by atoms with Crippen LogP contribution in [0.3, 0.4) is 0 Å². The van der Waals surface area contributed by atoms with Crippen LogP contribution in [0.2, 0.25) is 5.02 Å². The summed E-state index contributed by atoms with van der Waals surface area (Å²) in [7, 11) is 0. The van der Waals surface area contributed by atoms with Crippen LogP contribution in [0.1, 0.15) is 15.9 Å². The molecule has 5 nitrogen and oxygen atoms in total. The molecule has 0 spiro atoms. The number of hydrogen-bond donors (Lipinski definition) is 3. The predicted molar refractivity (Wildman–Crippen MR) is 75.4 cm³/mol. The number of benzene rings is 2. The van der Waals surface area contributed by atoms with E-state index in [2.05, 4.69) is 4.99 Å². The summed E-state index contributed by atoms with van der Waals surface area (Å²) in [5.41, 5.74) is 0.497. The summed E-state index contributed by atoms with van der Waals surface area (Å²) in [6.07, 6.45) is 1.36. The molecule has 0 atom stereocenters. The van der Waals surface area contributed by atoms with Crippen molar-refractivity contribution in [2.45, 2.75) is 0 Å². The van der Waals surface area contributed by atoms with Gasteiger partial charge in [0.1, 0.15) is 17.1 Å². The first kappa shape index (κ1) is 13.9. The zero-order valence-electron chi connectivity index (χ0n) is 10.1. The van der Waals surface area contributed by atoms with Crippen LogP contribution in [0.25, 0.3) is 0 Å². The van der Waals surface area contributed by atoms with Gasteiger partial charge < -0.3 is 15.3 Å². The molecule has 0 aromatic heterocycles. The minimum atomic E-state index is -1.25. The van der Waals surface area contributed by atoms with Crippen molar-refractivity contribution in [2.75, 3.05) is 0 Å². The van der Waals surface area contributed by atoms with Crippen LogP contribution in [-0.4, -0.2) is 27.5 Å². The molecule has 0 radical (unpaired) electrons. The van der Waals surface area contributed by atoms with Crippen LogP contribution in [0.15, 0.2) is 41.4 Å². The molecule has 0 saturated heterocycles. The summed E-state index contributed by atoms with van der Waals surface area (Å²) in [6, 6.07) is 8.43. The number of nitrogens with zero attached hydrogens (tertiary/aromatic N) is 1. The first-order valence-corrected chi connectivity index (χ1v) is 5.94. The predicted octanol–water partition coefficient (Wildman–Crippen LogP) is 3.20. The van der Waals surface area contributed by atoms with Gasteiger partial charge in [0.05, 0.1) is 5.69 Å². The average molecular weight is 292 g/mol. The van der Waals surface area contributed by atoms with E-state index in [1.807, 2.05) is 0 Å². The molecule has 2 aromatic rings. The van der Waals surface area contributed by atoms with E-state index in [-0.39, 0.29) is 17.1 Å². The highest BCUT2D eigenvalue weighted by Crippen LogP contribution is 2.24. The van der Waals surface area contributed by atoms with Crippen LogP contribution >= 0.6 is 11.6 Å². The maximum Gasteiger partial charge on any atom is 0.339 e. The Bertz CT molecular complexity index is 698.